The molecule has 6 nitrogen and oxygen atoms in total. The third-order valence-electron chi connectivity index (χ3n) is 6.21. The van der Waals surface area contributed by atoms with Crippen LogP contribution in [0.3, 0.4) is 0 Å². The number of hydrogen-bond donors (Lipinski definition) is 0. The van der Waals surface area contributed by atoms with Crippen LogP contribution >= 0.6 is 0 Å². The molecular weight excluding hydrogens is 314 g/mol. The second-order valence-electron chi connectivity index (χ2n) is 7.77. The van der Waals surface area contributed by atoms with Crippen LogP contribution in [0, 0.1) is 5.92 Å². The lowest BCUT2D eigenvalue weighted by Gasteiger charge is -2.38. The molecule has 0 unspecified atom stereocenters. The zero-order valence-electron chi connectivity index (χ0n) is 15.2. The van der Waals surface area contributed by atoms with Gasteiger partial charge in [0.05, 0.1) is 5.92 Å². The number of aromatic nitrogens is 2. The van der Waals surface area contributed by atoms with Crippen LogP contribution < -0.4 is 4.90 Å². The van der Waals surface area contributed by atoms with Gasteiger partial charge in [0.2, 0.25) is 11.9 Å². The number of nitrogens with zero attached hydrogens (tertiary/aromatic N) is 5. The smallest absolute Gasteiger partial charge is 0.227 e. The highest BCUT2D eigenvalue weighted by Gasteiger charge is 2.41. The van der Waals surface area contributed by atoms with Gasteiger partial charge in [0.1, 0.15) is 0 Å². The largest absolute Gasteiger partial charge is 0.340 e. The number of likely N-dealkylation sites (tertiary alicyclic amines) is 2. The molecule has 3 aliphatic heterocycles. The molecule has 0 radical (unpaired) electrons. The van der Waals surface area contributed by atoms with Gasteiger partial charge in [-0.1, -0.05) is 0 Å². The van der Waals surface area contributed by atoms with E-state index in [1.807, 2.05) is 6.07 Å². The van der Waals surface area contributed by atoms with Gasteiger partial charge in [-0.05, 0) is 58.2 Å². The Bertz CT molecular complexity index is 595. The fourth-order valence-corrected chi connectivity index (χ4v) is 4.94. The Labute approximate surface area is 150 Å². The molecule has 0 bridgehead atoms. The molecule has 4 rings (SSSR count). The molecule has 3 fully saturated rings. The predicted octanol–water partition coefficient (Wildman–Crippen LogP) is 1.78. The van der Waals surface area contributed by atoms with Crippen molar-refractivity contribution in [1.82, 2.24) is 19.8 Å². The average molecular weight is 343 g/mol. The maximum absolute atomic E-state index is 13.3. The Morgan fingerprint density at radius 3 is 2.48 bits per heavy atom. The summed E-state index contributed by atoms with van der Waals surface area (Å²) in [7, 11) is 2.22. The molecule has 0 aromatic carbocycles. The highest BCUT2D eigenvalue weighted by Crippen LogP contribution is 2.31. The average Bonchev–Trinajstić information content (AvgIpc) is 3.30. The number of rotatable bonds is 3. The topological polar surface area (TPSA) is 52.6 Å². The van der Waals surface area contributed by atoms with Gasteiger partial charge in [0.15, 0.2) is 0 Å². The van der Waals surface area contributed by atoms with Crippen LogP contribution in [0.15, 0.2) is 18.5 Å². The van der Waals surface area contributed by atoms with Crippen molar-refractivity contribution in [3.05, 3.63) is 18.5 Å². The van der Waals surface area contributed by atoms with Gasteiger partial charge < -0.3 is 14.7 Å². The first-order valence-corrected chi connectivity index (χ1v) is 9.77. The SMILES string of the molecule is CN1CCC[C@@H]1[C@H]1CCCN1C(=O)[C@@H]1CCCN(c2ncccn2)C1. The fraction of sp³-hybridized carbons (Fsp3) is 0.737. The Kier molecular flexibility index (Phi) is 4.88. The number of piperidine rings is 1. The molecule has 0 saturated carbocycles. The van der Waals surface area contributed by atoms with Crippen LogP contribution in [0.5, 0.6) is 0 Å². The van der Waals surface area contributed by atoms with Gasteiger partial charge >= 0.3 is 0 Å². The van der Waals surface area contributed by atoms with E-state index in [0.29, 0.717) is 18.0 Å². The van der Waals surface area contributed by atoms with Crippen LogP contribution in [0.4, 0.5) is 5.95 Å². The van der Waals surface area contributed by atoms with Crippen molar-refractivity contribution >= 4 is 11.9 Å². The summed E-state index contributed by atoms with van der Waals surface area (Å²) < 4.78 is 0. The van der Waals surface area contributed by atoms with Crippen molar-refractivity contribution in [2.24, 2.45) is 5.92 Å². The van der Waals surface area contributed by atoms with Gasteiger partial charge in [0, 0.05) is 44.1 Å². The molecule has 136 valence electrons. The molecule has 0 spiro atoms. The van der Waals surface area contributed by atoms with E-state index in [2.05, 4.69) is 31.7 Å². The Morgan fingerprint density at radius 1 is 1.00 bits per heavy atom. The molecule has 1 amide bonds. The summed E-state index contributed by atoms with van der Waals surface area (Å²) in [6.07, 6.45) is 10.4. The van der Waals surface area contributed by atoms with Gasteiger partial charge in [-0.15, -0.1) is 0 Å². The Balaban J connectivity index is 1.44. The summed E-state index contributed by atoms with van der Waals surface area (Å²) in [6, 6.07) is 2.81. The number of likely N-dealkylation sites (N-methyl/N-ethyl adjacent to an activating group) is 1. The first-order valence-electron chi connectivity index (χ1n) is 9.77. The molecule has 6 heteroatoms. The van der Waals surface area contributed by atoms with Crippen LogP contribution in [0.2, 0.25) is 0 Å². The number of amides is 1. The molecular formula is C19H29N5O. The first-order chi connectivity index (χ1) is 12.2. The number of carbonyl (C=O) groups is 1. The summed E-state index contributed by atoms with van der Waals surface area (Å²) in [5.74, 6) is 1.21. The van der Waals surface area contributed by atoms with Crippen molar-refractivity contribution in [1.29, 1.82) is 0 Å². The Hall–Kier alpha value is -1.69. The molecule has 3 aliphatic rings. The van der Waals surface area contributed by atoms with Crippen molar-refractivity contribution in [2.75, 3.05) is 38.1 Å². The molecule has 0 aliphatic carbocycles. The lowest BCUT2D eigenvalue weighted by atomic mass is 9.95. The van der Waals surface area contributed by atoms with Gasteiger partial charge in [-0.25, -0.2) is 9.97 Å². The zero-order chi connectivity index (χ0) is 17.2. The van der Waals surface area contributed by atoms with E-state index in [-0.39, 0.29) is 5.92 Å². The van der Waals surface area contributed by atoms with E-state index in [4.69, 9.17) is 0 Å². The second-order valence-corrected chi connectivity index (χ2v) is 7.77. The van der Waals surface area contributed by atoms with Crippen LogP contribution in [0.25, 0.3) is 0 Å². The van der Waals surface area contributed by atoms with Gasteiger partial charge in [0.25, 0.3) is 0 Å². The number of anilines is 1. The van der Waals surface area contributed by atoms with Crippen LogP contribution in [0.1, 0.15) is 38.5 Å². The van der Waals surface area contributed by atoms with E-state index in [9.17, 15) is 4.79 Å². The maximum Gasteiger partial charge on any atom is 0.227 e. The number of hydrogen-bond acceptors (Lipinski definition) is 5. The summed E-state index contributed by atoms with van der Waals surface area (Å²) in [6.45, 7) is 3.81. The Morgan fingerprint density at radius 2 is 1.72 bits per heavy atom. The third-order valence-corrected chi connectivity index (χ3v) is 6.21. The predicted molar refractivity (Wildman–Crippen MR) is 97.4 cm³/mol. The number of carbonyl (C=O) groups excluding carboxylic acids is 1. The van der Waals surface area contributed by atoms with Gasteiger partial charge in [-0.2, -0.15) is 0 Å². The van der Waals surface area contributed by atoms with E-state index in [0.717, 1.165) is 44.8 Å². The minimum atomic E-state index is 0.0878. The van der Waals surface area contributed by atoms with Crippen LogP contribution in [-0.4, -0.2) is 71.0 Å². The lowest BCUT2D eigenvalue weighted by Crippen LogP contribution is -2.51. The summed E-state index contributed by atoms with van der Waals surface area (Å²) in [4.78, 5) is 28.9. The molecule has 1 aromatic heterocycles. The second kappa shape index (κ2) is 7.28. The van der Waals surface area contributed by atoms with Crippen molar-refractivity contribution < 1.29 is 4.79 Å². The summed E-state index contributed by atoms with van der Waals surface area (Å²) in [5, 5.41) is 0. The molecule has 4 heterocycles. The first kappa shape index (κ1) is 16.8. The maximum atomic E-state index is 13.3. The monoisotopic (exact) mass is 343 g/mol. The molecule has 1 aromatic rings. The molecule has 25 heavy (non-hydrogen) atoms. The van der Waals surface area contributed by atoms with E-state index < -0.39 is 0 Å². The minimum absolute atomic E-state index is 0.0878. The normalized spacial score (nSPS) is 30.8. The van der Waals surface area contributed by atoms with Crippen molar-refractivity contribution in [2.45, 2.75) is 50.6 Å². The minimum Gasteiger partial charge on any atom is -0.340 e. The van der Waals surface area contributed by atoms with E-state index in [1.165, 1.54) is 25.8 Å². The standard InChI is InChI=1S/C19H29N5O/c1-22-11-3-7-16(22)17-8-4-13-24(17)18(25)15-6-2-12-23(14-15)19-20-9-5-10-21-19/h5,9-10,15-17H,2-4,6-8,11-14H2,1H3/t15-,16-,17-/m1/s1. The van der Waals surface area contributed by atoms with E-state index in [1.54, 1.807) is 12.4 Å². The van der Waals surface area contributed by atoms with Crippen molar-refractivity contribution in [3.8, 4) is 0 Å². The summed E-state index contributed by atoms with van der Waals surface area (Å²) in [5.41, 5.74) is 0. The van der Waals surface area contributed by atoms with Crippen LogP contribution in [-0.2, 0) is 4.79 Å². The zero-order valence-corrected chi connectivity index (χ0v) is 15.2. The summed E-state index contributed by atoms with van der Waals surface area (Å²) >= 11 is 0. The fourth-order valence-electron chi connectivity index (χ4n) is 4.94. The third kappa shape index (κ3) is 3.36. The van der Waals surface area contributed by atoms with E-state index >= 15 is 0 Å². The van der Waals surface area contributed by atoms with Gasteiger partial charge in [-0.3, -0.25) is 4.79 Å². The molecule has 3 atom stereocenters. The molecule has 3 saturated heterocycles. The molecule has 0 N–H and O–H groups in total. The lowest BCUT2D eigenvalue weighted by molar-refractivity contribution is -0.137. The highest BCUT2D eigenvalue weighted by atomic mass is 16.2. The van der Waals surface area contributed by atoms with Crippen molar-refractivity contribution in [3.63, 3.8) is 0 Å². The quantitative estimate of drug-likeness (QED) is 0.837. The highest BCUT2D eigenvalue weighted by molar-refractivity contribution is 5.80.